The largest absolute Gasteiger partial charge is 0.383 e. The molecule has 16 heavy (non-hydrogen) atoms. The first kappa shape index (κ1) is 13.9. The molecule has 1 aliphatic carbocycles. The van der Waals surface area contributed by atoms with Crippen LogP contribution < -0.4 is 5.32 Å². The van der Waals surface area contributed by atoms with E-state index < -0.39 is 10.0 Å². The average molecular weight is 250 g/mol. The molecule has 0 atom stereocenters. The molecule has 0 aromatic carbocycles. The predicted octanol–water partition coefficient (Wildman–Crippen LogP) is 0.0365. The summed E-state index contributed by atoms with van der Waals surface area (Å²) in [4.78, 5) is 0. The predicted molar refractivity (Wildman–Crippen MR) is 63.9 cm³/mol. The monoisotopic (exact) mass is 250 g/mol. The summed E-state index contributed by atoms with van der Waals surface area (Å²) in [7, 11) is -1.54. The fraction of sp³-hybridized carbons (Fsp3) is 1.00. The normalized spacial score (nSPS) is 16.9. The summed E-state index contributed by atoms with van der Waals surface area (Å²) in [6.07, 6.45) is 2.36. The number of nitrogens with one attached hydrogen (secondary N) is 1. The molecular formula is C10H22N2O3S. The van der Waals surface area contributed by atoms with Gasteiger partial charge in [0.15, 0.2) is 0 Å². The molecule has 0 aromatic rings. The zero-order valence-electron chi connectivity index (χ0n) is 10.1. The molecule has 96 valence electrons. The zero-order valence-corrected chi connectivity index (χ0v) is 10.9. The molecule has 0 aliphatic heterocycles. The van der Waals surface area contributed by atoms with Gasteiger partial charge >= 0.3 is 0 Å². The standard InChI is InChI=1S/C10H22N2O3S/c1-3-12(7-8-15-2)16(13,14)9-6-11-10-4-5-10/h10-11H,3-9H2,1-2H3. The second kappa shape index (κ2) is 6.54. The second-order valence-corrected chi connectivity index (χ2v) is 6.12. The minimum absolute atomic E-state index is 0.182. The Kier molecular flexibility index (Phi) is 5.68. The molecule has 0 radical (unpaired) electrons. The Balaban J connectivity index is 2.31. The van der Waals surface area contributed by atoms with E-state index >= 15 is 0 Å². The van der Waals surface area contributed by atoms with E-state index in [1.54, 1.807) is 7.11 Å². The average Bonchev–Trinajstić information content (AvgIpc) is 3.02. The lowest BCUT2D eigenvalue weighted by molar-refractivity contribution is 0.180. The number of hydrogen-bond acceptors (Lipinski definition) is 4. The van der Waals surface area contributed by atoms with E-state index in [2.05, 4.69) is 5.32 Å². The molecule has 0 aromatic heterocycles. The highest BCUT2D eigenvalue weighted by Crippen LogP contribution is 2.18. The van der Waals surface area contributed by atoms with Gasteiger partial charge in [-0.2, -0.15) is 4.31 Å². The Bertz CT molecular complexity index is 288. The van der Waals surface area contributed by atoms with Gasteiger partial charge in [-0.05, 0) is 12.8 Å². The smallest absolute Gasteiger partial charge is 0.215 e. The van der Waals surface area contributed by atoms with Crippen LogP contribution in [0.2, 0.25) is 0 Å². The minimum atomic E-state index is -3.12. The Morgan fingerprint density at radius 3 is 2.62 bits per heavy atom. The van der Waals surface area contributed by atoms with Gasteiger partial charge in [0, 0.05) is 32.8 Å². The first-order valence-corrected chi connectivity index (χ1v) is 7.41. The maximum atomic E-state index is 11.9. The molecule has 1 fully saturated rings. The van der Waals surface area contributed by atoms with Crippen LogP contribution in [0.3, 0.4) is 0 Å². The van der Waals surface area contributed by atoms with Crippen molar-refractivity contribution in [1.82, 2.24) is 9.62 Å². The lowest BCUT2D eigenvalue weighted by atomic mass is 10.6. The number of ether oxygens (including phenoxy) is 1. The minimum Gasteiger partial charge on any atom is -0.383 e. The molecule has 0 spiro atoms. The highest BCUT2D eigenvalue weighted by atomic mass is 32.2. The van der Waals surface area contributed by atoms with E-state index in [4.69, 9.17) is 4.74 Å². The molecular weight excluding hydrogens is 228 g/mol. The van der Waals surface area contributed by atoms with Crippen LogP contribution in [0.25, 0.3) is 0 Å². The van der Waals surface area contributed by atoms with Crippen LogP contribution in [0.5, 0.6) is 0 Å². The Morgan fingerprint density at radius 1 is 1.44 bits per heavy atom. The van der Waals surface area contributed by atoms with Crippen molar-refractivity contribution >= 4 is 10.0 Å². The van der Waals surface area contributed by atoms with Crippen molar-refractivity contribution in [3.8, 4) is 0 Å². The van der Waals surface area contributed by atoms with E-state index in [0.717, 1.165) is 0 Å². The van der Waals surface area contributed by atoms with Crippen molar-refractivity contribution < 1.29 is 13.2 Å². The van der Waals surface area contributed by atoms with Gasteiger partial charge in [-0.25, -0.2) is 8.42 Å². The van der Waals surface area contributed by atoms with Crippen LogP contribution in [0.1, 0.15) is 19.8 Å². The Morgan fingerprint density at radius 2 is 2.12 bits per heavy atom. The van der Waals surface area contributed by atoms with Crippen LogP contribution in [-0.2, 0) is 14.8 Å². The number of nitrogens with zero attached hydrogens (tertiary/aromatic N) is 1. The summed E-state index contributed by atoms with van der Waals surface area (Å²) in [6.45, 7) is 3.80. The van der Waals surface area contributed by atoms with Gasteiger partial charge in [-0.1, -0.05) is 6.92 Å². The van der Waals surface area contributed by atoms with Crippen molar-refractivity contribution in [1.29, 1.82) is 0 Å². The molecule has 0 unspecified atom stereocenters. The molecule has 1 aliphatic rings. The molecule has 1 saturated carbocycles. The van der Waals surface area contributed by atoms with E-state index in [0.29, 0.717) is 32.3 Å². The van der Waals surface area contributed by atoms with E-state index in [1.807, 2.05) is 6.92 Å². The summed E-state index contributed by atoms with van der Waals surface area (Å²) >= 11 is 0. The molecule has 6 heteroatoms. The van der Waals surface area contributed by atoms with Gasteiger partial charge in [0.1, 0.15) is 0 Å². The van der Waals surface area contributed by atoms with Gasteiger partial charge in [-0.15, -0.1) is 0 Å². The van der Waals surface area contributed by atoms with Gasteiger partial charge in [0.05, 0.1) is 12.4 Å². The van der Waals surface area contributed by atoms with E-state index in [9.17, 15) is 8.42 Å². The van der Waals surface area contributed by atoms with Crippen LogP contribution in [0.15, 0.2) is 0 Å². The molecule has 1 N–H and O–H groups in total. The zero-order chi connectivity index (χ0) is 12.0. The van der Waals surface area contributed by atoms with E-state index in [-0.39, 0.29) is 5.75 Å². The third-order valence-corrected chi connectivity index (χ3v) is 4.61. The van der Waals surface area contributed by atoms with Crippen molar-refractivity contribution in [3.63, 3.8) is 0 Å². The van der Waals surface area contributed by atoms with Gasteiger partial charge < -0.3 is 10.1 Å². The summed E-state index contributed by atoms with van der Waals surface area (Å²) in [6, 6.07) is 0.559. The maximum absolute atomic E-state index is 11.9. The first-order chi connectivity index (χ1) is 7.60. The summed E-state index contributed by atoms with van der Waals surface area (Å²) in [5.41, 5.74) is 0. The van der Waals surface area contributed by atoms with Gasteiger partial charge in [0.2, 0.25) is 10.0 Å². The molecule has 5 nitrogen and oxygen atoms in total. The molecule has 0 amide bonds. The highest BCUT2D eigenvalue weighted by molar-refractivity contribution is 7.89. The second-order valence-electron chi connectivity index (χ2n) is 4.03. The maximum Gasteiger partial charge on any atom is 0.215 e. The molecule has 0 heterocycles. The summed E-state index contributed by atoms with van der Waals surface area (Å²) in [5, 5.41) is 3.21. The quantitative estimate of drug-likeness (QED) is 0.627. The van der Waals surface area contributed by atoms with E-state index in [1.165, 1.54) is 17.1 Å². The van der Waals surface area contributed by atoms with Gasteiger partial charge in [0.25, 0.3) is 0 Å². The number of rotatable bonds is 9. The number of hydrogen-bond donors (Lipinski definition) is 1. The van der Waals surface area contributed by atoms with Crippen molar-refractivity contribution in [2.45, 2.75) is 25.8 Å². The van der Waals surface area contributed by atoms with Crippen molar-refractivity contribution in [3.05, 3.63) is 0 Å². The first-order valence-electron chi connectivity index (χ1n) is 5.80. The molecule has 0 bridgehead atoms. The number of methoxy groups -OCH3 is 1. The Labute approximate surface area is 98.2 Å². The summed E-state index contributed by atoms with van der Waals surface area (Å²) < 4.78 is 30.2. The fourth-order valence-corrected chi connectivity index (χ4v) is 2.88. The van der Waals surface area contributed by atoms with Crippen LogP contribution in [0, 0.1) is 0 Å². The lowest BCUT2D eigenvalue weighted by Gasteiger charge is -2.20. The number of likely N-dealkylation sites (N-methyl/N-ethyl adjacent to an activating group) is 1. The van der Waals surface area contributed by atoms with Crippen molar-refractivity contribution in [2.75, 3.05) is 39.1 Å². The van der Waals surface area contributed by atoms with Crippen LogP contribution in [-0.4, -0.2) is 57.9 Å². The highest BCUT2D eigenvalue weighted by Gasteiger charge is 2.23. The SMILES string of the molecule is CCN(CCOC)S(=O)(=O)CCNC1CC1. The summed E-state index contributed by atoms with van der Waals surface area (Å²) in [5.74, 6) is 0.182. The Hall–Kier alpha value is -0.170. The fourth-order valence-electron chi connectivity index (χ4n) is 1.50. The van der Waals surface area contributed by atoms with Gasteiger partial charge in [-0.3, -0.25) is 0 Å². The molecule has 1 rings (SSSR count). The third kappa shape index (κ3) is 4.78. The van der Waals surface area contributed by atoms with Crippen LogP contribution in [0.4, 0.5) is 0 Å². The number of sulfonamides is 1. The third-order valence-electron chi connectivity index (χ3n) is 2.66. The topological polar surface area (TPSA) is 58.6 Å². The van der Waals surface area contributed by atoms with Crippen LogP contribution >= 0.6 is 0 Å². The lowest BCUT2D eigenvalue weighted by Crippen LogP contribution is -2.38. The molecule has 0 saturated heterocycles. The van der Waals surface area contributed by atoms with Crippen molar-refractivity contribution in [2.24, 2.45) is 0 Å².